The highest BCUT2D eigenvalue weighted by atomic mass is 35.5. The molecule has 1 atom stereocenters. The SMILES string of the molecule is Cc1cc(O[C@@H](C)C(=O)N2CCN(S(=O)(=O)c3ccccc3)CC2)ccc1Cl. The Morgan fingerprint density at radius 2 is 1.71 bits per heavy atom. The van der Waals surface area contributed by atoms with Crippen LogP contribution in [0.5, 0.6) is 5.75 Å². The van der Waals surface area contributed by atoms with Crippen molar-refractivity contribution in [2.75, 3.05) is 26.2 Å². The fraction of sp³-hybridized carbons (Fsp3) is 0.350. The fourth-order valence-electron chi connectivity index (χ4n) is 3.09. The molecule has 0 spiro atoms. The van der Waals surface area contributed by atoms with E-state index in [1.54, 1.807) is 60.4 Å². The molecular formula is C20H23ClN2O4S. The van der Waals surface area contributed by atoms with Crippen LogP contribution >= 0.6 is 11.6 Å². The summed E-state index contributed by atoms with van der Waals surface area (Å²) in [6, 6.07) is 13.6. The molecule has 1 aliphatic heterocycles. The number of amides is 1. The quantitative estimate of drug-likeness (QED) is 0.743. The molecule has 1 heterocycles. The molecule has 1 saturated heterocycles. The molecule has 8 heteroatoms. The molecule has 0 unspecified atom stereocenters. The molecule has 3 rings (SSSR count). The van der Waals surface area contributed by atoms with Gasteiger partial charge in [0, 0.05) is 31.2 Å². The zero-order valence-corrected chi connectivity index (χ0v) is 17.4. The third-order valence-electron chi connectivity index (χ3n) is 4.72. The molecule has 0 aliphatic carbocycles. The first-order chi connectivity index (χ1) is 13.3. The van der Waals surface area contributed by atoms with Gasteiger partial charge in [-0.25, -0.2) is 8.42 Å². The Balaban J connectivity index is 1.59. The largest absolute Gasteiger partial charge is 0.481 e. The number of halogens is 1. The molecule has 0 saturated carbocycles. The Morgan fingerprint density at radius 3 is 2.32 bits per heavy atom. The van der Waals surface area contributed by atoms with Gasteiger partial charge in [-0.15, -0.1) is 0 Å². The number of carbonyl (C=O) groups excluding carboxylic acids is 1. The molecule has 2 aromatic rings. The minimum atomic E-state index is -3.54. The second-order valence-corrected chi connectivity index (χ2v) is 9.06. The normalized spacial score (nSPS) is 16.6. The summed E-state index contributed by atoms with van der Waals surface area (Å²) in [4.78, 5) is 14.6. The lowest BCUT2D eigenvalue weighted by molar-refractivity contribution is -0.139. The summed E-state index contributed by atoms with van der Waals surface area (Å²) in [5.41, 5.74) is 0.874. The van der Waals surface area contributed by atoms with Crippen LogP contribution < -0.4 is 4.74 Å². The first-order valence-electron chi connectivity index (χ1n) is 9.06. The summed E-state index contributed by atoms with van der Waals surface area (Å²) in [6.07, 6.45) is -0.669. The van der Waals surface area contributed by atoms with Crippen molar-refractivity contribution in [3.8, 4) is 5.75 Å². The van der Waals surface area contributed by atoms with Gasteiger partial charge < -0.3 is 9.64 Å². The number of piperazine rings is 1. The number of benzene rings is 2. The Morgan fingerprint density at radius 1 is 1.07 bits per heavy atom. The summed E-state index contributed by atoms with van der Waals surface area (Å²) in [5, 5.41) is 0.641. The monoisotopic (exact) mass is 422 g/mol. The number of hydrogen-bond acceptors (Lipinski definition) is 4. The van der Waals surface area contributed by atoms with Crippen LogP contribution in [0.15, 0.2) is 53.4 Å². The Kier molecular flexibility index (Phi) is 6.27. The standard InChI is InChI=1S/C20H23ClN2O4S/c1-15-14-17(8-9-19(15)21)27-16(2)20(24)22-10-12-23(13-11-22)28(25,26)18-6-4-3-5-7-18/h3-9,14,16H,10-13H2,1-2H3/t16-/m0/s1. The molecule has 6 nitrogen and oxygen atoms in total. The summed E-state index contributed by atoms with van der Waals surface area (Å²) in [6.45, 7) is 4.75. The van der Waals surface area contributed by atoms with Crippen LogP contribution in [0.25, 0.3) is 0 Å². The van der Waals surface area contributed by atoms with Crippen LogP contribution in [-0.2, 0) is 14.8 Å². The number of nitrogens with zero attached hydrogens (tertiary/aromatic N) is 2. The van der Waals surface area contributed by atoms with E-state index in [2.05, 4.69) is 0 Å². The van der Waals surface area contributed by atoms with E-state index in [4.69, 9.17) is 16.3 Å². The molecular weight excluding hydrogens is 400 g/mol. The van der Waals surface area contributed by atoms with Gasteiger partial charge in [-0.2, -0.15) is 4.31 Å². The van der Waals surface area contributed by atoms with E-state index >= 15 is 0 Å². The molecule has 150 valence electrons. The molecule has 0 N–H and O–H groups in total. The van der Waals surface area contributed by atoms with E-state index in [9.17, 15) is 13.2 Å². The Labute approximate surface area is 170 Å². The highest BCUT2D eigenvalue weighted by Gasteiger charge is 2.31. The third-order valence-corrected chi connectivity index (χ3v) is 7.06. The first kappa shape index (κ1) is 20.6. The summed E-state index contributed by atoms with van der Waals surface area (Å²) >= 11 is 6.01. The number of carbonyl (C=O) groups is 1. The van der Waals surface area contributed by atoms with E-state index in [1.165, 1.54) is 4.31 Å². The van der Waals surface area contributed by atoms with Crippen LogP contribution in [0.2, 0.25) is 5.02 Å². The van der Waals surface area contributed by atoms with Gasteiger partial charge in [0.15, 0.2) is 6.10 Å². The van der Waals surface area contributed by atoms with Crippen molar-refractivity contribution in [2.24, 2.45) is 0 Å². The number of rotatable bonds is 5. The lowest BCUT2D eigenvalue weighted by Crippen LogP contribution is -2.53. The maximum Gasteiger partial charge on any atom is 0.263 e. The van der Waals surface area contributed by atoms with Crippen molar-refractivity contribution < 1.29 is 17.9 Å². The van der Waals surface area contributed by atoms with Crippen molar-refractivity contribution in [2.45, 2.75) is 24.8 Å². The molecule has 28 heavy (non-hydrogen) atoms. The second kappa shape index (κ2) is 8.51. The molecule has 1 aliphatic rings. The van der Waals surface area contributed by atoms with Crippen molar-refractivity contribution in [1.29, 1.82) is 0 Å². The Hall–Kier alpha value is -2.09. The minimum Gasteiger partial charge on any atom is -0.481 e. The molecule has 0 radical (unpaired) electrons. The van der Waals surface area contributed by atoms with E-state index in [1.807, 2.05) is 6.92 Å². The van der Waals surface area contributed by atoms with Crippen LogP contribution in [0.4, 0.5) is 0 Å². The van der Waals surface area contributed by atoms with Crippen LogP contribution in [0.1, 0.15) is 12.5 Å². The number of hydrogen-bond donors (Lipinski definition) is 0. The first-order valence-corrected chi connectivity index (χ1v) is 10.9. The van der Waals surface area contributed by atoms with E-state index < -0.39 is 16.1 Å². The Bertz CT molecular complexity index is 942. The van der Waals surface area contributed by atoms with Crippen molar-refractivity contribution in [3.63, 3.8) is 0 Å². The van der Waals surface area contributed by atoms with Crippen molar-refractivity contribution in [3.05, 3.63) is 59.1 Å². The van der Waals surface area contributed by atoms with Gasteiger partial charge in [0.25, 0.3) is 5.91 Å². The zero-order valence-electron chi connectivity index (χ0n) is 15.8. The van der Waals surface area contributed by atoms with Gasteiger partial charge in [0.2, 0.25) is 10.0 Å². The number of aryl methyl sites for hydroxylation is 1. The lowest BCUT2D eigenvalue weighted by atomic mass is 10.2. The zero-order chi connectivity index (χ0) is 20.3. The lowest BCUT2D eigenvalue weighted by Gasteiger charge is -2.35. The topological polar surface area (TPSA) is 66.9 Å². The maximum absolute atomic E-state index is 12.7. The predicted octanol–water partition coefficient (Wildman–Crippen LogP) is 2.95. The minimum absolute atomic E-state index is 0.163. The van der Waals surface area contributed by atoms with Gasteiger partial charge in [-0.05, 0) is 49.7 Å². The molecule has 2 aromatic carbocycles. The molecule has 0 bridgehead atoms. The second-order valence-electron chi connectivity index (χ2n) is 6.71. The van der Waals surface area contributed by atoms with Crippen molar-refractivity contribution in [1.82, 2.24) is 9.21 Å². The van der Waals surface area contributed by atoms with Crippen molar-refractivity contribution >= 4 is 27.5 Å². The third kappa shape index (κ3) is 4.48. The van der Waals surface area contributed by atoms with Gasteiger partial charge in [0.1, 0.15) is 5.75 Å². The predicted molar refractivity (Wildman–Crippen MR) is 108 cm³/mol. The van der Waals surface area contributed by atoms with E-state index in [0.717, 1.165) is 5.56 Å². The molecule has 1 fully saturated rings. The smallest absolute Gasteiger partial charge is 0.263 e. The van der Waals surface area contributed by atoms with Crippen LogP contribution in [0, 0.1) is 6.92 Å². The number of sulfonamides is 1. The van der Waals surface area contributed by atoms with E-state index in [-0.39, 0.29) is 23.9 Å². The van der Waals surface area contributed by atoms with E-state index in [0.29, 0.717) is 23.9 Å². The summed E-state index contributed by atoms with van der Waals surface area (Å²) in [5.74, 6) is 0.414. The van der Waals surface area contributed by atoms with Crippen LogP contribution in [-0.4, -0.2) is 55.8 Å². The summed E-state index contributed by atoms with van der Waals surface area (Å²) in [7, 11) is -3.54. The summed E-state index contributed by atoms with van der Waals surface area (Å²) < 4.78 is 32.5. The van der Waals surface area contributed by atoms with Gasteiger partial charge in [-0.1, -0.05) is 29.8 Å². The highest BCUT2D eigenvalue weighted by Crippen LogP contribution is 2.23. The average molecular weight is 423 g/mol. The number of ether oxygens (including phenoxy) is 1. The van der Waals surface area contributed by atoms with Gasteiger partial charge in [0.05, 0.1) is 4.90 Å². The van der Waals surface area contributed by atoms with Gasteiger partial charge >= 0.3 is 0 Å². The molecule has 1 amide bonds. The molecule has 0 aromatic heterocycles. The maximum atomic E-state index is 12.7. The van der Waals surface area contributed by atoms with Gasteiger partial charge in [-0.3, -0.25) is 4.79 Å². The average Bonchev–Trinajstić information content (AvgIpc) is 2.71. The fourth-order valence-corrected chi connectivity index (χ4v) is 4.65. The highest BCUT2D eigenvalue weighted by molar-refractivity contribution is 7.89. The van der Waals surface area contributed by atoms with Crippen LogP contribution in [0.3, 0.4) is 0 Å².